The number of nitrogens with one attached hydrogen (secondary N) is 1. The van der Waals surface area contributed by atoms with Crippen molar-refractivity contribution >= 4 is 30.1 Å². The average Bonchev–Trinajstić information content (AvgIpc) is 2.42. The van der Waals surface area contributed by atoms with Crippen LogP contribution in [0.1, 0.15) is 30.9 Å². The number of benzene rings is 1. The molecule has 0 spiro atoms. The molecular formula is C14H23ClN2OS. The molecule has 0 heterocycles. The van der Waals surface area contributed by atoms with Gasteiger partial charge >= 0.3 is 0 Å². The molecule has 0 aliphatic heterocycles. The molecule has 5 heteroatoms. The number of halogens is 1. The van der Waals surface area contributed by atoms with Crippen molar-refractivity contribution in [2.45, 2.75) is 25.3 Å². The lowest BCUT2D eigenvalue weighted by atomic mass is 10.1. The predicted molar refractivity (Wildman–Crippen MR) is 85.9 cm³/mol. The van der Waals surface area contributed by atoms with Gasteiger partial charge in [-0.3, -0.25) is 4.79 Å². The highest BCUT2D eigenvalue weighted by Crippen LogP contribution is 2.08. The minimum absolute atomic E-state index is 0. The Morgan fingerprint density at radius 3 is 2.63 bits per heavy atom. The number of unbranched alkanes of at least 4 members (excludes halogenated alkanes) is 1. The van der Waals surface area contributed by atoms with Crippen molar-refractivity contribution in [1.82, 2.24) is 5.32 Å². The van der Waals surface area contributed by atoms with E-state index in [0.717, 1.165) is 24.2 Å². The lowest BCUT2D eigenvalue weighted by molar-refractivity contribution is -0.121. The fourth-order valence-corrected chi connectivity index (χ4v) is 2.16. The second-order valence-electron chi connectivity index (χ2n) is 4.27. The van der Waals surface area contributed by atoms with Gasteiger partial charge in [0, 0.05) is 19.0 Å². The largest absolute Gasteiger partial charge is 0.354 e. The van der Waals surface area contributed by atoms with E-state index in [-0.39, 0.29) is 24.4 Å². The quantitative estimate of drug-likeness (QED) is 0.726. The second-order valence-corrected chi connectivity index (χ2v) is 5.26. The van der Waals surface area contributed by atoms with Crippen LogP contribution in [0.4, 0.5) is 0 Å². The monoisotopic (exact) mass is 302 g/mol. The van der Waals surface area contributed by atoms with Crippen molar-refractivity contribution in [3.8, 4) is 0 Å². The first-order valence-electron chi connectivity index (χ1n) is 6.30. The molecule has 1 aromatic rings. The highest BCUT2D eigenvalue weighted by molar-refractivity contribution is 7.98. The molecular weight excluding hydrogens is 280 g/mol. The van der Waals surface area contributed by atoms with Crippen LogP contribution in [-0.2, 0) is 4.79 Å². The Labute approximate surface area is 126 Å². The average molecular weight is 303 g/mol. The van der Waals surface area contributed by atoms with Gasteiger partial charge in [0.1, 0.15) is 0 Å². The standard InChI is InChI=1S/C14H22N2OS.ClH/c1-18-10-6-5-9-14(17)16-11-13(15)12-7-3-2-4-8-12;/h2-4,7-8,13H,5-6,9-11,15H2,1H3,(H,16,17);1H. The fraction of sp³-hybridized carbons (Fsp3) is 0.500. The summed E-state index contributed by atoms with van der Waals surface area (Å²) in [6, 6.07) is 9.71. The first kappa shape index (κ1) is 18.3. The molecule has 0 aliphatic rings. The number of hydrogen-bond acceptors (Lipinski definition) is 3. The van der Waals surface area contributed by atoms with E-state index in [4.69, 9.17) is 5.73 Å². The Morgan fingerprint density at radius 2 is 2.00 bits per heavy atom. The van der Waals surface area contributed by atoms with E-state index in [1.54, 1.807) is 0 Å². The van der Waals surface area contributed by atoms with Crippen LogP contribution in [0.3, 0.4) is 0 Å². The molecule has 0 bridgehead atoms. The van der Waals surface area contributed by atoms with E-state index in [9.17, 15) is 4.79 Å². The van der Waals surface area contributed by atoms with Crippen LogP contribution in [0.25, 0.3) is 0 Å². The van der Waals surface area contributed by atoms with Gasteiger partial charge in [0.15, 0.2) is 0 Å². The minimum atomic E-state index is -0.124. The van der Waals surface area contributed by atoms with Crippen LogP contribution in [0.2, 0.25) is 0 Å². The van der Waals surface area contributed by atoms with Crippen molar-refractivity contribution in [3.05, 3.63) is 35.9 Å². The number of carbonyl (C=O) groups excluding carboxylic acids is 1. The number of hydrogen-bond donors (Lipinski definition) is 2. The Balaban J connectivity index is 0.00000324. The summed E-state index contributed by atoms with van der Waals surface area (Å²) in [5, 5.41) is 2.89. The first-order chi connectivity index (χ1) is 8.74. The number of thioether (sulfide) groups is 1. The van der Waals surface area contributed by atoms with Crippen LogP contribution in [0.15, 0.2) is 30.3 Å². The number of rotatable bonds is 8. The van der Waals surface area contributed by atoms with Gasteiger partial charge in [-0.15, -0.1) is 12.4 Å². The zero-order valence-electron chi connectivity index (χ0n) is 11.3. The SMILES string of the molecule is CSCCCCC(=O)NCC(N)c1ccccc1.Cl. The molecule has 0 aliphatic carbocycles. The third-order valence-electron chi connectivity index (χ3n) is 2.75. The Bertz CT molecular complexity index is 349. The van der Waals surface area contributed by atoms with E-state index in [2.05, 4.69) is 11.6 Å². The highest BCUT2D eigenvalue weighted by Gasteiger charge is 2.07. The van der Waals surface area contributed by atoms with Crippen molar-refractivity contribution in [3.63, 3.8) is 0 Å². The summed E-state index contributed by atoms with van der Waals surface area (Å²) in [7, 11) is 0. The van der Waals surface area contributed by atoms with Gasteiger partial charge in [0.2, 0.25) is 5.91 Å². The molecule has 108 valence electrons. The number of nitrogens with two attached hydrogens (primary N) is 1. The number of carbonyl (C=O) groups is 1. The zero-order chi connectivity index (χ0) is 13.2. The molecule has 3 nitrogen and oxygen atoms in total. The lowest BCUT2D eigenvalue weighted by Crippen LogP contribution is -2.31. The first-order valence-corrected chi connectivity index (χ1v) is 7.69. The van der Waals surface area contributed by atoms with Gasteiger partial charge in [0.25, 0.3) is 0 Å². The summed E-state index contributed by atoms with van der Waals surface area (Å²) in [6.07, 6.45) is 4.73. The third kappa shape index (κ3) is 8.14. The maximum atomic E-state index is 11.6. The topological polar surface area (TPSA) is 55.1 Å². The summed E-state index contributed by atoms with van der Waals surface area (Å²) in [5.41, 5.74) is 7.06. The van der Waals surface area contributed by atoms with Crippen LogP contribution < -0.4 is 11.1 Å². The molecule has 1 unspecified atom stereocenters. The normalized spacial score (nSPS) is 11.5. The van der Waals surface area contributed by atoms with Crippen molar-refractivity contribution in [1.29, 1.82) is 0 Å². The van der Waals surface area contributed by atoms with Crippen LogP contribution in [-0.4, -0.2) is 24.5 Å². The van der Waals surface area contributed by atoms with E-state index in [1.165, 1.54) is 0 Å². The maximum Gasteiger partial charge on any atom is 0.220 e. The summed E-state index contributed by atoms with van der Waals surface area (Å²) in [4.78, 5) is 11.6. The van der Waals surface area contributed by atoms with Gasteiger partial charge in [-0.2, -0.15) is 11.8 Å². The maximum absolute atomic E-state index is 11.6. The third-order valence-corrected chi connectivity index (χ3v) is 3.45. The molecule has 1 amide bonds. The summed E-state index contributed by atoms with van der Waals surface area (Å²) < 4.78 is 0. The predicted octanol–water partition coefficient (Wildman–Crippen LogP) is 2.76. The van der Waals surface area contributed by atoms with Crippen molar-refractivity contribution in [2.75, 3.05) is 18.6 Å². The molecule has 0 aromatic heterocycles. The molecule has 1 aromatic carbocycles. The zero-order valence-corrected chi connectivity index (χ0v) is 12.9. The molecule has 0 fully saturated rings. The van der Waals surface area contributed by atoms with E-state index in [0.29, 0.717) is 13.0 Å². The molecule has 0 saturated carbocycles. The van der Waals surface area contributed by atoms with Crippen molar-refractivity contribution in [2.24, 2.45) is 5.73 Å². The second kappa shape index (κ2) is 11.1. The summed E-state index contributed by atoms with van der Waals surface area (Å²) in [5.74, 6) is 1.22. The van der Waals surface area contributed by atoms with Gasteiger partial charge in [-0.25, -0.2) is 0 Å². The fourth-order valence-electron chi connectivity index (χ4n) is 1.66. The van der Waals surface area contributed by atoms with Gasteiger partial charge < -0.3 is 11.1 Å². The summed E-state index contributed by atoms with van der Waals surface area (Å²) >= 11 is 1.82. The van der Waals surface area contributed by atoms with Gasteiger partial charge in [0.05, 0.1) is 0 Å². The highest BCUT2D eigenvalue weighted by atomic mass is 35.5. The lowest BCUT2D eigenvalue weighted by Gasteiger charge is -2.13. The van der Waals surface area contributed by atoms with Crippen LogP contribution in [0.5, 0.6) is 0 Å². The molecule has 3 N–H and O–H groups in total. The van der Waals surface area contributed by atoms with E-state index >= 15 is 0 Å². The Hall–Kier alpha value is -0.710. The molecule has 0 saturated heterocycles. The number of amides is 1. The Kier molecular flexibility index (Phi) is 10.7. The van der Waals surface area contributed by atoms with Crippen LogP contribution >= 0.6 is 24.2 Å². The smallest absolute Gasteiger partial charge is 0.220 e. The van der Waals surface area contributed by atoms with Gasteiger partial charge in [-0.05, 0) is 30.4 Å². The molecule has 0 radical (unpaired) electrons. The van der Waals surface area contributed by atoms with Gasteiger partial charge in [-0.1, -0.05) is 30.3 Å². The molecule has 1 atom stereocenters. The Morgan fingerprint density at radius 1 is 1.32 bits per heavy atom. The van der Waals surface area contributed by atoms with E-state index in [1.807, 2.05) is 42.1 Å². The van der Waals surface area contributed by atoms with E-state index < -0.39 is 0 Å². The van der Waals surface area contributed by atoms with Crippen LogP contribution in [0, 0.1) is 0 Å². The molecule has 1 rings (SSSR count). The summed E-state index contributed by atoms with van der Waals surface area (Å²) in [6.45, 7) is 0.505. The minimum Gasteiger partial charge on any atom is -0.354 e. The molecule has 19 heavy (non-hydrogen) atoms. The van der Waals surface area contributed by atoms with Crippen molar-refractivity contribution < 1.29 is 4.79 Å².